The molecule has 4 heteroatoms. The van der Waals surface area contributed by atoms with Crippen LogP contribution in [0, 0.1) is 0 Å². The molecule has 0 radical (unpaired) electrons. The van der Waals surface area contributed by atoms with E-state index in [1.807, 2.05) is 18.3 Å². The summed E-state index contributed by atoms with van der Waals surface area (Å²) in [6, 6.07) is 78.9. The average Bonchev–Trinajstić information content (AvgIpc) is 3.84. The molecule has 1 aromatic heterocycles. The first-order valence-electron chi connectivity index (χ1n) is 20.7. The summed E-state index contributed by atoms with van der Waals surface area (Å²) in [7, 11) is 0. The molecule has 0 aliphatic heterocycles. The molecule has 1 atom stereocenters. The number of hydrogen-bond acceptors (Lipinski definition) is 3. The highest BCUT2D eigenvalue weighted by atomic mass is 15.4. The molecular formula is C56H42N4. The third-order valence-corrected chi connectivity index (χ3v) is 12.2. The predicted molar refractivity (Wildman–Crippen MR) is 249 cm³/mol. The van der Waals surface area contributed by atoms with E-state index < -0.39 is 5.41 Å². The molecular weight excluding hydrogens is 729 g/mol. The fourth-order valence-corrected chi connectivity index (χ4v) is 9.70. The van der Waals surface area contributed by atoms with Crippen LogP contribution in [0.5, 0.6) is 0 Å². The lowest BCUT2D eigenvalue weighted by molar-refractivity contribution is 0.449. The van der Waals surface area contributed by atoms with Crippen LogP contribution in [0.25, 0.3) is 49.4 Å². The summed E-state index contributed by atoms with van der Waals surface area (Å²) in [5.74, 6) is 0. The average molecular weight is 771 g/mol. The van der Waals surface area contributed by atoms with E-state index in [2.05, 4.69) is 222 Å². The summed E-state index contributed by atoms with van der Waals surface area (Å²) < 4.78 is 2.52. The van der Waals surface area contributed by atoms with Crippen molar-refractivity contribution in [1.82, 2.24) is 15.4 Å². The summed E-state index contributed by atoms with van der Waals surface area (Å²) >= 11 is 0. The lowest BCUT2D eigenvalue weighted by atomic mass is 9.67. The molecule has 1 aliphatic rings. The Morgan fingerprint density at radius 2 is 1.10 bits per heavy atom. The summed E-state index contributed by atoms with van der Waals surface area (Å²) in [6.45, 7) is 0.688. The number of para-hydroxylation sites is 1. The Balaban J connectivity index is 1.12. The van der Waals surface area contributed by atoms with Gasteiger partial charge in [-0.05, 0) is 73.5 Å². The Morgan fingerprint density at radius 1 is 0.533 bits per heavy atom. The third kappa shape index (κ3) is 5.80. The molecule has 0 fully saturated rings. The molecule has 1 aliphatic carbocycles. The second-order valence-corrected chi connectivity index (χ2v) is 15.6. The van der Waals surface area contributed by atoms with E-state index in [1.54, 1.807) is 0 Å². The Kier molecular flexibility index (Phi) is 9.00. The quantitative estimate of drug-likeness (QED) is 0.107. The van der Waals surface area contributed by atoms with Crippen molar-refractivity contribution in [3.05, 3.63) is 257 Å². The number of rotatable bonds is 10. The minimum atomic E-state index is -0.580. The molecule has 2 N–H and O–H groups in total. The molecule has 0 bridgehead atoms. The van der Waals surface area contributed by atoms with Gasteiger partial charge in [0.05, 0.1) is 16.4 Å². The van der Waals surface area contributed by atoms with Crippen LogP contribution in [-0.2, 0) is 12.0 Å². The van der Waals surface area contributed by atoms with E-state index in [0.29, 0.717) is 6.54 Å². The van der Waals surface area contributed by atoms with Gasteiger partial charge in [0.25, 0.3) is 0 Å². The molecule has 9 aromatic carbocycles. The van der Waals surface area contributed by atoms with Gasteiger partial charge in [-0.15, -0.1) is 0 Å². The standard InChI is InChI=1S/C56H42N4/c1-5-19-39(20-6-1)38-58-59-55(41-21-7-2-8-22-41)57-37-40-33-35-44(36-34-40)60-50-32-18-16-30-48(50)52-46-28-14-13-27-45(46)51-47-29-15-17-31-49(47)56(53(51)54(52)60,42-23-9-3-10-24-42)43-25-11-4-12-26-43/h1-37,55,58-59H,38H2/b57-37+. The van der Waals surface area contributed by atoms with Crippen LogP contribution in [-0.4, -0.2) is 10.8 Å². The van der Waals surface area contributed by atoms with Gasteiger partial charge in [-0.3, -0.25) is 10.4 Å². The summed E-state index contributed by atoms with van der Waals surface area (Å²) in [6.07, 6.45) is 1.70. The van der Waals surface area contributed by atoms with Crippen molar-refractivity contribution in [3.8, 4) is 16.8 Å². The van der Waals surface area contributed by atoms with Crippen LogP contribution in [0.4, 0.5) is 0 Å². The van der Waals surface area contributed by atoms with Crippen molar-refractivity contribution in [2.75, 3.05) is 0 Å². The first-order valence-corrected chi connectivity index (χ1v) is 20.7. The number of aromatic nitrogens is 1. The van der Waals surface area contributed by atoms with Gasteiger partial charge in [0.1, 0.15) is 6.17 Å². The van der Waals surface area contributed by atoms with Gasteiger partial charge in [0.2, 0.25) is 0 Å². The first-order chi connectivity index (χ1) is 29.8. The number of benzene rings is 9. The zero-order chi connectivity index (χ0) is 39.9. The van der Waals surface area contributed by atoms with Gasteiger partial charge < -0.3 is 4.57 Å². The summed E-state index contributed by atoms with van der Waals surface area (Å²) in [5, 5.41) is 5.05. The molecule has 1 heterocycles. The highest BCUT2D eigenvalue weighted by Gasteiger charge is 2.49. The van der Waals surface area contributed by atoms with Crippen molar-refractivity contribution in [2.45, 2.75) is 18.1 Å². The van der Waals surface area contributed by atoms with Crippen LogP contribution in [0.1, 0.15) is 45.1 Å². The molecule has 11 rings (SSSR count). The Bertz CT molecular complexity index is 3110. The predicted octanol–water partition coefficient (Wildman–Crippen LogP) is 12.7. The smallest absolute Gasteiger partial charge is 0.137 e. The lowest BCUT2D eigenvalue weighted by Crippen LogP contribution is -2.34. The van der Waals surface area contributed by atoms with Gasteiger partial charge in [-0.1, -0.05) is 200 Å². The van der Waals surface area contributed by atoms with E-state index in [9.17, 15) is 0 Å². The summed E-state index contributed by atoms with van der Waals surface area (Å²) in [5.41, 5.74) is 20.8. The maximum absolute atomic E-state index is 5.07. The lowest BCUT2D eigenvalue weighted by Gasteiger charge is -2.35. The number of nitrogens with one attached hydrogen (secondary N) is 2. The molecule has 0 saturated heterocycles. The Hall–Kier alpha value is -7.37. The zero-order valence-electron chi connectivity index (χ0n) is 33.0. The highest BCUT2D eigenvalue weighted by Crippen LogP contribution is 2.61. The molecule has 286 valence electrons. The Labute approximate surface area is 350 Å². The SMILES string of the molecule is C(=N\C(NNCc1ccccc1)c1ccccc1)/c1ccc(-n2c3ccccc3c3c4ccccc4c4c(c32)C(c2ccccc2)(c2ccccc2)c2ccccc2-4)cc1. The van der Waals surface area contributed by atoms with Crippen LogP contribution < -0.4 is 10.9 Å². The normalized spacial score (nSPS) is 13.5. The van der Waals surface area contributed by atoms with E-state index in [4.69, 9.17) is 4.99 Å². The van der Waals surface area contributed by atoms with Crippen molar-refractivity contribution < 1.29 is 0 Å². The molecule has 10 aromatic rings. The highest BCUT2D eigenvalue weighted by molar-refractivity contribution is 6.27. The largest absolute Gasteiger partial charge is 0.309 e. The number of nitrogens with zero attached hydrogens (tertiary/aromatic N) is 2. The van der Waals surface area contributed by atoms with E-state index in [-0.39, 0.29) is 6.17 Å². The zero-order valence-corrected chi connectivity index (χ0v) is 33.0. The first kappa shape index (κ1) is 35.8. The van der Waals surface area contributed by atoms with Crippen LogP contribution in [0.15, 0.2) is 223 Å². The van der Waals surface area contributed by atoms with Gasteiger partial charge in [-0.25, -0.2) is 5.43 Å². The summed E-state index contributed by atoms with van der Waals surface area (Å²) in [4.78, 5) is 5.07. The minimum Gasteiger partial charge on any atom is -0.309 e. The molecule has 60 heavy (non-hydrogen) atoms. The van der Waals surface area contributed by atoms with Crippen LogP contribution in [0.3, 0.4) is 0 Å². The maximum atomic E-state index is 5.07. The van der Waals surface area contributed by atoms with Crippen molar-refractivity contribution >= 4 is 38.8 Å². The van der Waals surface area contributed by atoms with Crippen LogP contribution >= 0.6 is 0 Å². The second-order valence-electron chi connectivity index (χ2n) is 15.6. The molecule has 0 amide bonds. The van der Waals surface area contributed by atoms with Gasteiger partial charge in [0.15, 0.2) is 0 Å². The van der Waals surface area contributed by atoms with Gasteiger partial charge in [0, 0.05) is 34.8 Å². The minimum absolute atomic E-state index is 0.270. The molecule has 0 spiro atoms. The molecule has 1 unspecified atom stereocenters. The fourth-order valence-electron chi connectivity index (χ4n) is 9.70. The number of hydrazine groups is 1. The molecule has 0 saturated carbocycles. The third-order valence-electron chi connectivity index (χ3n) is 12.2. The second kappa shape index (κ2) is 15.1. The monoisotopic (exact) mass is 770 g/mol. The van der Waals surface area contributed by atoms with Gasteiger partial charge >= 0.3 is 0 Å². The fraction of sp³-hybridized carbons (Fsp3) is 0.0536. The number of fused-ring (bicyclic) bond motifs is 10. The van der Waals surface area contributed by atoms with Crippen molar-refractivity contribution in [2.24, 2.45) is 4.99 Å². The van der Waals surface area contributed by atoms with E-state index in [1.165, 1.54) is 71.5 Å². The van der Waals surface area contributed by atoms with Crippen molar-refractivity contribution in [1.29, 1.82) is 0 Å². The maximum Gasteiger partial charge on any atom is 0.137 e. The molecule has 4 nitrogen and oxygen atoms in total. The van der Waals surface area contributed by atoms with Gasteiger partial charge in [-0.2, -0.15) is 0 Å². The van der Waals surface area contributed by atoms with Crippen molar-refractivity contribution in [3.63, 3.8) is 0 Å². The van der Waals surface area contributed by atoms with Crippen LogP contribution in [0.2, 0.25) is 0 Å². The Morgan fingerprint density at radius 3 is 1.80 bits per heavy atom. The van der Waals surface area contributed by atoms with E-state index >= 15 is 0 Å². The van der Waals surface area contributed by atoms with E-state index in [0.717, 1.165) is 16.8 Å². The number of aliphatic imine (C=N–C) groups is 1. The topological polar surface area (TPSA) is 41.4 Å². The number of hydrogen-bond donors (Lipinski definition) is 2.